The van der Waals surface area contributed by atoms with Crippen LogP contribution < -0.4 is 10.6 Å². The summed E-state index contributed by atoms with van der Waals surface area (Å²) in [6.45, 7) is 0.354. The fraction of sp³-hybridized carbons (Fsp3) is 0.100. The molecule has 0 saturated carbocycles. The average Bonchev–Trinajstić information content (AvgIpc) is 3.13. The Balaban J connectivity index is 1.49. The molecule has 27 heavy (non-hydrogen) atoms. The number of aryl methyl sites for hydroxylation is 1. The standard InChI is InChI=1S/C20H18N6O/c1-26-13-15(12-24-26)19-14(5-3-10-22-19)11-23-20(27)25-18-8-2-7-17-16(18)6-4-9-21-17/h2-10,12-13H,11H2,1H3,(H2,23,25,27). The zero-order valence-corrected chi connectivity index (χ0v) is 14.8. The lowest BCUT2D eigenvalue weighted by Gasteiger charge is -2.11. The Kier molecular flexibility index (Phi) is 4.49. The third-order valence-corrected chi connectivity index (χ3v) is 4.20. The van der Waals surface area contributed by atoms with Crippen LogP contribution in [0.2, 0.25) is 0 Å². The third kappa shape index (κ3) is 3.62. The van der Waals surface area contributed by atoms with Crippen LogP contribution >= 0.6 is 0 Å². The second-order valence-corrected chi connectivity index (χ2v) is 6.10. The van der Waals surface area contributed by atoms with Crippen molar-refractivity contribution in [2.75, 3.05) is 5.32 Å². The van der Waals surface area contributed by atoms with Gasteiger partial charge in [0.15, 0.2) is 0 Å². The first-order chi connectivity index (χ1) is 13.2. The highest BCUT2D eigenvalue weighted by Gasteiger charge is 2.10. The Hall–Kier alpha value is -3.74. The number of rotatable bonds is 4. The summed E-state index contributed by atoms with van der Waals surface area (Å²) in [6, 6.07) is 12.9. The molecular weight excluding hydrogens is 340 g/mol. The quantitative estimate of drug-likeness (QED) is 0.586. The number of hydrogen-bond donors (Lipinski definition) is 2. The number of urea groups is 1. The van der Waals surface area contributed by atoms with E-state index < -0.39 is 0 Å². The van der Waals surface area contributed by atoms with Crippen LogP contribution in [-0.2, 0) is 13.6 Å². The molecule has 3 heterocycles. The van der Waals surface area contributed by atoms with Crippen LogP contribution in [0.4, 0.5) is 10.5 Å². The van der Waals surface area contributed by atoms with E-state index in [9.17, 15) is 4.79 Å². The van der Waals surface area contributed by atoms with Gasteiger partial charge in [-0.15, -0.1) is 0 Å². The van der Waals surface area contributed by atoms with Gasteiger partial charge in [0.25, 0.3) is 0 Å². The predicted molar refractivity (Wildman–Crippen MR) is 104 cm³/mol. The smallest absolute Gasteiger partial charge is 0.319 e. The van der Waals surface area contributed by atoms with E-state index in [4.69, 9.17) is 0 Å². The van der Waals surface area contributed by atoms with E-state index in [-0.39, 0.29) is 6.03 Å². The van der Waals surface area contributed by atoms with Crippen molar-refractivity contribution >= 4 is 22.6 Å². The highest BCUT2D eigenvalue weighted by atomic mass is 16.2. The highest BCUT2D eigenvalue weighted by molar-refractivity contribution is 6.00. The molecule has 0 atom stereocenters. The van der Waals surface area contributed by atoms with E-state index in [0.717, 1.165) is 33.4 Å². The van der Waals surface area contributed by atoms with Gasteiger partial charge in [0, 0.05) is 43.1 Å². The topological polar surface area (TPSA) is 84.7 Å². The second-order valence-electron chi connectivity index (χ2n) is 6.10. The Bertz CT molecular complexity index is 1100. The maximum absolute atomic E-state index is 12.4. The van der Waals surface area contributed by atoms with Gasteiger partial charge in [-0.2, -0.15) is 5.10 Å². The first-order valence-corrected chi connectivity index (χ1v) is 8.52. The molecule has 0 radical (unpaired) electrons. The van der Waals surface area contributed by atoms with E-state index in [0.29, 0.717) is 6.54 Å². The van der Waals surface area contributed by atoms with Gasteiger partial charge in [0.1, 0.15) is 0 Å². The van der Waals surface area contributed by atoms with E-state index in [1.165, 1.54) is 0 Å². The minimum atomic E-state index is -0.285. The minimum absolute atomic E-state index is 0.285. The van der Waals surface area contributed by atoms with Crippen LogP contribution in [0, 0.1) is 0 Å². The first-order valence-electron chi connectivity index (χ1n) is 8.52. The lowest BCUT2D eigenvalue weighted by molar-refractivity contribution is 0.252. The van der Waals surface area contributed by atoms with Gasteiger partial charge in [-0.1, -0.05) is 12.1 Å². The maximum atomic E-state index is 12.4. The number of fused-ring (bicyclic) bond motifs is 1. The number of benzene rings is 1. The Morgan fingerprint density at radius 3 is 2.78 bits per heavy atom. The van der Waals surface area contributed by atoms with Gasteiger partial charge in [-0.05, 0) is 35.9 Å². The van der Waals surface area contributed by atoms with Crippen LogP contribution in [0.25, 0.3) is 22.2 Å². The van der Waals surface area contributed by atoms with Gasteiger partial charge < -0.3 is 10.6 Å². The predicted octanol–water partition coefficient (Wildman–Crippen LogP) is 3.35. The lowest BCUT2D eigenvalue weighted by atomic mass is 10.1. The molecule has 2 amide bonds. The summed E-state index contributed by atoms with van der Waals surface area (Å²) in [4.78, 5) is 21.1. The van der Waals surface area contributed by atoms with Crippen molar-refractivity contribution in [3.8, 4) is 11.3 Å². The largest absolute Gasteiger partial charge is 0.334 e. The number of nitrogens with one attached hydrogen (secondary N) is 2. The lowest BCUT2D eigenvalue weighted by Crippen LogP contribution is -2.28. The number of amides is 2. The van der Waals surface area contributed by atoms with E-state index in [1.807, 2.05) is 55.7 Å². The molecule has 7 heteroatoms. The van der Waals surface area contributed by atoms with Crippen molar-refractivity contribution in [2.24, 2.45) is 7.05 Å². The SMILES string of the molecule is Cn1cc(-c2ncccc2CNC(=O)Nc2cccc3ncccc23)cn1. The molecule has 3 aromatic heterocycles. The molecule has 134 valence electrons. The van der Waals surface area contributed by atoms with Crippen molar-refractivity contribution in [1.29, 1.82) is 0 Å². The normalized spacial score (nSPS) is 10.7. The highest BCUT2D eigenvalue weighted by Crippen LogP contribution is 2.22. The summed E-state index contributed by atoms with van der Waals surface area (Å²) in [7, 11) is 1.86. The van der Waals surface area contributed by atoms with Crippen molar-refractivity contribution in [1.82, 2.24) is 25.1 Å². The Morgan fingerprint density at radius 1 is 1.07 bits per heavy atom. The van der Waals surface area contributed by atoms with Crippen LogP contribution in [-0.4, -0.2) is 25.8 Å². The molecule has 0 bridgehead atoms. The van der Waals surface area contributed by atoms with E-state index >= 15 is 0 Å². The third-order valence-electron chi connectivity index (χ3n) is 4.20. The molecule has 4 rings (SSSR count). The van der Waals surface area contributed by atoms with Gasteiger partial charge >= 0.3 is 6.03 Å². The van der Waals surface area contributed by atoms with Crippen LogP contribution in [0.5, 0.6) is 0 Å². The summed E-state index contributed by atoms with van der Waals surface area (Å²) in [5.41, 5.74) is 4.19. The average molecular weight is 358 g/mol. The number of nitrogens with zero attached hydrogens (tertiary/aromatic N) is 4. The summed E-state index contributed by atoms with van der Waals surface area (Å²) in [5.74, 6) is 0. The maximum Gasteiger partial charge on any atom is 0.319 e. The number of carbonyl (C=O) groups is 1. The van der Waals surface area contributed by atoms with Crippen LogP contribution in [0.3, 0.4) is 0 Å². The van der Waals surface area contributed by atoms with Crippen molar-refractivity contribution in [3.63, 3.8) is 0 Å². The molecule has 0 aliphatic carbocycles. The van der Waals surface area contributed by atoms with Gasteiger partial charge in [-0.25, -0.2) is 4.79 Å². The van der Waals surface area contributed by atoms with Crippen molar-refractivity contribution in [2.45, 2.75) is 6.54 Å². The molecule has 7 nitrogen and oxygen atoms in total. The van der Waals surface area contributed by atoms with Gasteiger partial charge in [-0.3, -0.25) is 14.6 Å². The molecule has 2 N–H and O–H groups in total. The van der Waals surface area contributed by atoms with Gasteiger partial charge in [0.2, 0.25) is 0 Å². The minimum Gasteiger partial charge on any atom is -0.334 e. The molecule has 4 aromatic rings. The fourth-order valence-electron chi connectivity index (χ4n) is 2.94. The number of aromatic nitrogens is 4. The summed E-state index contributed by atoms with van der Waals surface area (Å²) in [6.07, 6.45) is 7.12. The molecule has 0 spiro atoms. The molecule has 0 aliphatic heterocycles. The summed E-state index contributed by atoms with van der Waals surface area (Å²) < 4.78 is 1.72. The van der Waals surface area contributed by atoms with Crippen LogP contribution in [0.15, 0.2) is 67.3 Å². The summed E-state index contributed by atoms with van der Waals surface area (Å²) in [5, 5.41) is 10.9. The number of hydrogen-bond acceptors (Lipinski definition) is 4. The Morgan fingerprint density at radius 2 is 1.93 bits per heavy atom. The van der Waals surface area contributed by atoms with E-state index in [1.54, 1.807) is 23.3 Å². The molecule has 0 fully saturated rings. The molecule has 0 saturated heterocycles. The van der Waals surface area contributed by atoms with Crippen molar-refractivity contribution < 1.29 is 4.79 Å². The number of carbonyl (C=O) groups excluding carboxylic acids is 1. The zero-order valence-electron chi connectivity index (χ0n) is 14.8. The molecular formula is C20H18N6O. The molecule has 1 aromatic carbocycles. The summed E-state index contributed by atoms with van der Waals surface area (Å²) >= 11 is 0. The number of pyridine rings is 2. The first kappa shape index (κ1) is 16.7. The molecule has 0 aliphatic rings. The second kappa shape index (κ2) is 7.25. The van der Waals surface area contributed by atoms with Crippen molar-refractivity contribution in [3.05, 3.63) is 72.8 Å². The molecule has 0 unspecified atom stereocenters. The Labute approximate surface area is 156 Å². The van der Waals surface area contributed by atoms with E-state index in [2.05, 4.69) is 25.7 Å². The fourth-order valence-corrected chi connectivity index (χ4v) is 2.94. The van der Waals surface area contributed by atoms with Gasteiger partial charge in [0.05, 0.1) is 23.1 Å². The number of anilines is 1. The monoisotopic (exact) mass is 358 g/mol. The van der Waals surface area contributed by atoms with Crippen LogP contribution in [0.1, 0.15) is 5.56 Å². The zero-order chi connectivity index (χ0) is 18.6.